The smallest absolute Gasteiger partial charge is 0.0752 e. The van der Waals surface area contributed by atoms with Gasteiger partial charge in [-0.3, -0.25) is 0 Å². The van der Waals surface area contributed by atoms with Gasteiger partial charge in [0.15, 0.2) is 0 Å². The standard InChI is InChI=1S/C24H20ClN3S2/c25-21-9-7-19-8-11-22(28-23(19)17-21)10-6-18-4-1-5-20(16-18)24(29-14-2-12-26)30-15-3-13-27/h1,4-11,16-17,24H,2-3,14-15H2. The van der Waals surface area contributed by atoms with Crippen molar-refractivity contribution in [2.24, 2.45) is 0 Å². The highest BCUT2D eigenvalue weighted by molar-refractivity contribution is 8.16. The summed E-state index contributed by atoms with van der Waals surface area (Å²) in [7, 11) is 0. The number of nitriles is 2. The second-order valence-electron chi connectivity index (χ2n) is 6.47. The predicted molar refractivity (Wildman–Crippen MR) is 130 cm³/mol. The average molecular weight is 450 g/mol. The molecule has 3 aromatic rings. The largest absolute Gasteiger partial charge is 0.248 e. The summed E-state index contributed by atoms with van der Waals surface area (Å²) >= 11 is 9.60. The summed E-state index contributed by atoms with van der Waals surface area (Å²) in [5.74, 6) is 1.56. The number of hydrogen-bond donors (Lipinski definition) is 0. The molecule has 2 aromatic carbocycles. The molecule has 6 heteroatoms. The number of aromatic nitrogens is 1. The lowest BCUT2D eigenvalue weighted by Crippen LogP contribution is -1.94. The number of rotatable bonds is 9. The Morgan fingerprint density at radius 3 is 2.40 bits per heavy atom. The van der Waals surface area contributed by atoms with E-state index < -0.39 is 0 Å². The molecule has 0 unspecified atom stereocenters. The minimum Gasteiger partial charge on any atom is -0.248 e. The number of pyridine rings is 1. The Labute approximate surface area is 190 Å². The van der Waals surface area contributed by atoms with Crippen LogP contribution in [-0.2, 0) is 0 Å². The molecule has 30 heavy (non-hydrogen) atoms. The Morgan fingerprint density at radius 1 is 0.933 bits per heavy atom. The fourth-order valence-corrected chi connectivity index (χ4v) is 5.51. The number of nitrogens with zero attached hydrogens (tertiary/aromatic N) is 3. The van der Waals surface area contributed by atoms with Crippen molar-refractivity contribution in [1.29, 1.82) is 10.5 Å². The van der Waals surface area contributed by atoms with Crippen LogP contribution in [0.2, 0.25) is 5.02 Å². The summed E-state index contributed by atoms with van der Waals surface area (Å²) in [4.78, 5) is 4.67. The third-order valence-corrected chi connectivity index (χ3v) is 7.35. The van der Waals surface area contributed by atoms with Gasteiger partial charge in [0.1, 0.15) is 0 Å². The van der Waals surface area contributed by atoms with E-state index in [2.05, 4.69) is 41.4 Å². The summed E-state index contributed by atoms with van der Waals surface area (Å²) in [5.41, 5.74) is 4.04. The van der Waals surface area contributed by atoms with Crippen LogP contribution in [0.5, 0.6) is 0 Å². The van der Waals surface area contributed by atoms with Gasteiger partial charge in [0, 0.05) is 34.8 Å². The zero-order chi connectivity index (χ0) is 21.2. The van der Waals surface area contributed by atoms with Gasteiger partial charge >= 0.3 is 0 Å². The second-order valence-corrected chi connectivity index (χ2v) is 9.63. The van der Waals surface area contributed by atoms with Gasteiger partial charge in [-0.1, -0.05) is 48.0 Å². The Morgan fingerprint density at radius 2 is 1.67 bits per heavy atom. The maximum Gasteiger partial charge on any atom is 0.0752 e. The molecule has 0 spiro atoms. The normalized spacial score (nSPS) is 11.1. The van der Waals surface area contributed by atoms with E-state index in [1.807, 2.05) is 42.5 Å². The fourth-order valence-electron chi connectivity index (χ4n) is 2.85. The first-order valence-electron chi connectivity index (χ1n) is 9.51. The van der Waals surface area contributed by atoms with E-state index in [0.29, 0.717) is 17.9 Å². The van der Waals surface area contributed by atoms with E-state index in [0.717, 1.165) is 33.7 Å². The fraction of sp³-hybridized carbons (Fsp3) is 0.208. The number of thioether (sulfide) groups is 2. The van der Waals surface area contributed by atoms with Crippen molar-refractivity contribution >= 4 is 58.2 Å². The first kappa shape index (κ1) is 22.2. The van der Waals surface area contributed by atoms with Gasteiger partial charge in [0.2, 0.25) is 0 Å². The Bertz CT molecular complexity index is 1100. The van der Waals surface area contributed by atoms with E-state index in [-0.39, 0.29) is 4.58 Å². The molecule has 0 aliphatic carbocycles. The molecule has 0 amide bonds. The molecule has 0 radical (unpaired) electrons. The van der Waals surface area contributed by atoms with Crippen molar-refractivity contribution < 1.29 is 0 Å². The van der Waals surface area contributed by atoms with Gasteiger partial charge in [-0.2, -0.15) is 10.5 Å². The van der Waals surface area contributed by atoms with Crippen LogP contribution in [0.3, 0.4) is 0 Å². The minimum atomic E-state index is 0.209. The monoisotopic (exact) mass is 449 g/mol. The van der Waals surface area contributed by atoms with E-state index in [1.165, 1.54) is 5.56 Å². The summed E-state index contributed by atoms with van der Waals surface area (Å²) in [6.45, 7) is 0. The average Bonchev–Trinajstić information content (AvgIpc) is 2.76. The predicted octanol–water partition coefficient (Wildman–Crippen LogP) is 7.35. The zero-order valence-corrected chi connectivity index (χ0v) is 18.7. The minimum absolute atomic E-state index is 0.209. The van der Waals surface area contributed by atoms with Crippen LogP contribution in [-0.4, -0.2) is 16.5 Å². The van der Waals surface area contributed by atoms with E-state index in [4.69, 9.17) is 22.1 Å². The highest BCUT2D eigenvalue weighted by Crippen LogP contribution is 2.40. The third-order valence-electron chi connectivity index (χ3n) is 4.27. The Hall–Kier alpha value is -2.44. The lowest BCUT2D eigenvalue weighted by atomic mass is 10.1. The molecule has 0 aliphatic rings. The molecule has 0 fully saturated rings. The molecule has 1 heterocycles. The molecule has 0 saturated heterocycles. The highest BCUT2D eigenvalue weighted by atomic mass is 35.5. The molecule has 0 bridgehead atoms. The van der Waals surface area contributed by atoms with Crippen molar-refractivity contribution in [1.82, 2.24) is 4.98 Å². The highest BCUT2D eigenvalue weighted by Gasteiger charge is 2.12. The van der Waals surface area contributed by atoms with Crippen LogP contribution in [0, 0.1) is 22.7 Å². The van der Waals surface area contributed by atoms with Crippen LogP contribution < -0.4 is 0 Å². The molecule has 3 nitrogen and oxygen atoms in total. The molecule has 0 aliphatic heterocycles. The van der Waals surface area contributed by atoms with Gasteiger partial charge in [0.25, 0.3) is 0 Å². The van der Waals surface area contributed by atoms with Crippen LogP contribution in [0.25, 0.3) is 23.1 Å². The quantitative estimate of drug-likeness (QED) is 0.252. The van der Waals surface area contributed by atoms with E-state index in [1.54, 1.807) is 23.5 Å². The topological polar surface area (TPSA) is 60.5 Å². The van der Waals surface area contributed by atoms with Crippen LogP contribution in [0.4, 0.5) is 0 Å². The van der Waals surface area contributed by atoms with Gasteiger partial charge in [-0.25, -0.2) is 4.98 Å². The van der Waals surface area contributed by atoms with Gasteiger partial charge in [0.05, 0.1) is 27.9 Å². The SMILES string of the molecule is N#CCCSC(SCCC#N)c1cccc(C=Cc2ccc3ccc(Cl)cc3n2)c1. The van der Waals surface area contributed by atoms with Crippen LogP contribution >= 0.6 is 35.1 Å². The van der Waals surface area contributed by atoms with Gasteiger partial charge in [-0.05, 0) is 41.5 Å². The molecule has 0 saturated carbocycles. The number of fused-ring (bicyclic) bond motifs is 1. The van der Waals surface area contributed by atoms with Crippen molar-refractivity contribution in [3.05, 3.63) is 76.4 Å². The van der Waals surface area contributed by atoms with Crippen LogP contribution in [0.15, 0.2) is 54.6 Å². The van der Waals surface area contributed by atoms with Crippen molar-refractivity contribution in [2.75, 3.05) is 11.5 Å². The molecular weight excluding hydrogens is 430 g/mol. The maximum absolute atomic E-state index is 8.83. The molecule has 0 atom stereocenters. The second kappa shape index (κ2) is 11.7. The summed E-state index contributed by atoms with van der Waals surface area (Å²) in [6.07, 6.45) is 5.10. The molecular formula is C24H20ClN3S2. The zero-order valence-electron chi connectivity index (χ0n) is 16.3. The summed E-state index contributed by atoms with van der Waals surface area (Å²) in [5, 5.41) is 19.4. The summed E-state index contributed by atoms with van der Waals surface area (Å²) in [6, 6.07) is 22.5. The Kier molecular flexibility index (Phi) is 8.66. The maximum atomic E-state index is 8.83. The van der Waals surface area contributed by atoms with Crippen molar-refractivity contribution in [3.63, 3.8) is 0 Å². The molecule has 150 valence electrons. The first-order chi connectivity index (χ1) is 14.7. The van der Waals surface area contributed by atoms with Crippen molar-refractivity contribution in [3.8, 4) is 12.1 Å². The lowest BCUT2D eigenvalue weighted by Gasteiger charge is -2.16. The number of hydrogen-bond acceptors (Lipinski definition) is 5. The summed E-state index contributed by atoms with van der Waals surface area (Å²) < 4.78 is 0.209. The molecule has 1 aromatic heterocycles. The van der Waals surface area contributed by atoms with Crippen molar-refractivity contribution in [2.45, 2.75) is 17.4 Å². The van der Waals surface area contributed by atoms with Gasteiger partial charge in [-0.15, -0.1) is 23.5 Å². The third kappa shape index (κ3) is 6.54. The Balaban J connectivity index is 1.77. The van der Waals surface area contributed by atoms with Gasteiger partial charge < -0.3 is 0 Å². The van der Waals surface area contributed by atoms with Crippen LogP contribution in [0.1, 0.15) is 34.2 Å². The molecule has 3 rings (SSSR count). The van der Waals surface area contributed by atoms with E-state index >= 15 is 0 Å². The number of benzene rings is 2. The first-order valence-corrected chi connectivity index (χ1v) is 12.0. The lowest BCUT2D eigenvalue weighted by molar-refractivity contribution is 1.21. The number of halogens is 1. The van der Waals surface area contributed by atoms with E-state index in [9.17, 15) is 0 Å². The molecule has 0 N–H and O–H groups in total.